The number of benzene rings is 1. The summed E-state index contributed by atoms with van der Waals surface area (Å²) < 4.78 is 13.7. The van der Waals surface area contributed by atoms with Crippen molar-refractivity contribution in [1.29, 1.82) is 0 Å². The van der Waals surface area contributed by atoms with Crippen molar-refractivity contribution in [2.24, 2.45) is 0 Å². The number of carboxylic acid groups (broad SMARTS) is 1. The van der Waals surface area contributed by atoms with Crippen LogP contribution in [0.15, 0.2) is 21.1 Å². The van der Waals surface area contributed by atoms with E-state index in [-0.39, 0.29) is 14.5 Å². The second-order valence-corrected chi connectivity index (χ2v) is 4.21. The fourth-order valence-electron chi connectivity index (χ4n) is 0.917. The Kier molecular flexibility index (Phi) is 3.63. The molecule has 0 saturated heterocycles. The molecule has 0 bridgehead atoms. The summed E-state index contributed by atoms with van der Waals surface area (Å²) in [6.45, 7) is 0. The summed E-state index contributed by atoms with van der Waals surface area (Å²) >= 11 is 5.86. The van der Waals surface area contributed by atoms with E-state index in [1.165, 1.54) is 12.1 Å². The first-order valence-electron chi connectivity index (χ1n) is 3.49. The molecule has 0 spiro atoms. The van der Waals surface area contributed by atoms with Gasteiger partial charge in [0.15, 0.2) is 6.10 Å². The van der Waals surface area contributed by atoms with Gasteiger partial charge in [-0.3, -0.25) is 0 Å². The molecule has 6 heteroatoms. The van der Waals surface area contributed by atoms with Gasteiger partial charge in [0, 0.05) is 10.0 Å². The van der Waals surface area contributed by atoms with E-state index in [1.54, 1.807) is 0 Å². The second-order valence-electron chi connectivity index (χ2n) is 2.50. The highest BCUT2D eigenvalue weighted by atomic mass is 79.9. The number of carboxylic acids is 1. The Balaban J connectivity index is 3.32. The molecular formula is C8H5Br2FO3. The van der Waals surface area contributed by atoms with Crippen LogP contribution >= 0.6 is 31.9 Å². The van der Waals surface area contributed by atoms with Gasteiger partial charge in [-0.25, -0.2) is 9.18 Å². The lowest BCUT2D eigenvalue weighted by molar-refractivity contribution is -0.147. The molecule has 14 heavy (non-hydrogen) atoms. The zero-order valence-corrected chi connectivity index (χ0v) is 9.84. The van der Waals surface area contributed by atoms with Crippen LogP contribution in [-0.4, -0.2) is 16.2 Å². The van der Waals surface area contributed by atoms with Crippen LogP contribution in [0.2, 0.25) is 0 Å². The van der Waals surface area contributed by atoms with Crippen molar-refractivity contribution in [3.63, 3.8) is 0 Å². The van der Waals surface area contributed by atoms with Crippen LogP contribution in [0, 0.1) is 5.82 Å². The zero-order chi connectivity index (χ0) is 10.9. The summed E-state index contributed by atoms with van der Waals surface area (Å²) in [6.07, 6.45) is -1.87. The minimum atomic E-state index is -1.87. The molecule has 0 aliphatic carbocycles. The highest BCUT2D eigenvalue weighted by Crippen LogP contribution is 2.30. The van der Waals surface area contributed by atoms with Crippen LogP contribution in [0.3, 0.4) is 0 Å². The minimum Gasteiger partial charge on any atom is -0.479 e. The van der Waals surface area contributed by atoms with Gasteiger partial charge >= 0.3 is 5.97 Å². The van der Waals surface area contributed by atoms with Crippen LogP contribution in [-0.2, 0) is 4.79 Å². The molecule has 0 aromatic heterocycles. The smallest absolute Gasteiger partial charge is 0.337 e. The number of hydrogen-bond donors (Lipinski definition) is 2. The lowest BCUT2D eigenvalue weighted by Crippen LogP contribution is -2.13. The van der Waals surface area contributed by atoms with Crippen molar-refractivity contribution in [2.75, 3.05) is 0 Å². The van der Waals surface area contributed by atoms with Gasteiger partial charge < -0.3 is 10.2 Å². The third kappa shape index (κ3) is 2.13. The van der Waals surface area contributed by atoms with Gasteiger partial charge in [0.05, 0.1) is 4.47 Å². The molecule has 1 aromatic rings. The molecular weight excluding hydrogens is 323 g/mol. The molecule has 0 aliphatic heterocycles. The molecule has 1 unspecified atom stereocenters. The Morgan fingerprint density at radius 3 is 2.36 bits per heavy atom. The van der Waals surface area contributed by atoms with Gasteiger partial charge in [-0.15, -0.1) is 0 Å². The van der Waals surface area contributed by atoms with E-state index in [0.29, 0.717) is 0 Å². The van der Waals surface area contributed by atoms with Gasteiger partial charge in [0.1, 0.15) is 5.82 Å². The molecule has 3 nitrogen and oxygen atoms in total. The van der Waals surface area contributed by atoms with E-state index in [4.69, 9.17) is 5.11 Å². The van der Waals surface area contributed by atoms with Crippen molar-refractivity contribution in [1.82, 2.24) is 0 Å². The number of aliphatic hydroxyl groups is 1. The SMILES string of the molecule is O=C(O)C(O)c1c(Br)ccc(Br)c1F. The monoisotopic (exact) mass is 326 g/mol. The Morgan fingerprint density at radius 1 is 1.36 bits per heavy atom. The van der Waals surface area contributed by atoms with E-state index < -0.39 is 17.9 Å². The molecule has 0 fully saturated rings. The normalized spacial score (nSPS) is 12.6. The molecule has 76 valence electrons. The molecule has 0 amide bonds. The molecule has 0 saturated carbocycles. The highest BCUT2D eigenvalue weighted by Gasteiger charge is 2.24. The van der Waals surface area contributed by atoms with Crippen molar-refractivity contribution in [2.45, 2.75) is 6.10 Å². The average Bonchev–Trinajstić information content (AvgIpc) is 2.12. The predicted octanol–water partition coefficient (Wildman–Crippen LogP) is 2.47. The largest absolute Gasteiger partial charge is 0.479 e. The van der Waals surface area contributed by atoms with Crippen LogP contribution in [0.5, 0.6) is 0 Å². The maximum Gasteiger partial charge on any atom is 0.337 e. The van der Waals surface area contributed by atoms with Crippen molar-refractivity contribution < 1.29 is 19.4 Å². The third-order valence-electron chi connectivity index (χ3n) is 1.59. The van der Waals surface area contributed by atoms with Crippen LogP contribution in [0.4, 0.5) is 4.39 Å². The van der Waals surface area contributed by atoms with Crippen LogP contribution in [0.1, 0.15) is 11.7 Å². The van der Waals surface area contributed by atoms with Gasteiger partial charge in [0.2, 0.25) is 0 Å². The molecule has 0 radical (unpaired) electrons. The van der Waals surface area contributed by atoms with E-state index in [1.807, 2.05) is 0 Å². The van der Waals surface area contributed by atoms with E-state index in [2.05, 4.69) is 31.9 Å². The van der Waals surface area contributed by atoms with Gasteiger partial charge in [0.25, 0.3) is 0 Å². The summed E-state index contributed by atoms with van der Waals surface area (Å²) in [5.74, 6) is -2.28. The van der Waals surface area contributed by atoms with Gasteiger partial charge in [-0.2, -0.15) is 0 Å². The van der Waals surface area contributed by atoms with E-state index in [0.717, 1.165) is 0 Å². The van der Waals surface area contributed by atoms with Crippen LogP contribution in [0.25, 0.3) is 0 Å². The highest BCUT2D eigenvalue weighted by molar-refractivity contribution is 9.11. The fraction of sp³-hybridized carbons (Fsp3) is 0.125. The summed E-state index contributed by atoms with van der Waals surface area (Å²) in [4.78, 5) is 10.5. The molecule has 0 heterocycles. The molecule has 2 N–H and O–H groups in total. The predicted molar refractivity (Wildman–Crippen MR) is 54.4 cm³/mol. The number of carbonyl (C=O) groups is 1. The number of aliphatic carboxylic acids is 1. The Morgan fingerprint density at radius 2 is 1.86 bits per heavy atom. The first-order valence-corrected chi connectivity index (χ1v) is 5.08. The Labute approximate surface area is 95.8 Å². The first kappa shape index (κ1) is 11.6. The van der Waals surface area contributed by atoms with Crippen molar-refractivity contribution in [3.8, 4) is 0 Å². The van der Waals surface area contributed by atoms with Crippen molar-refractivity contribution >= 4 is 37.8 Å². The number of halogens is 3. The summed E-state index contributed by atoms with van der Waals surface area (Å²) in [5, 5.41) is 17.7. The van der Waals surface area contributed by atoms with Crippen LogP contribution < -0.4 is 0 Å². The molecule has 0 aliphatic rings. The lowest BCUT2D eigenvalue weighted by Gasteiger charge is -2.10. The Bertz CT molecular complexity index is 381. The van der Waals surface area contributed by atoms with E-state index in [9.17, 15) is 14.3 Å². The van der Waals surface area contributed by atoms with Gasteiger partial charge in [-0.1, -0.05) is 15.9 Å². The Hall–Kier alpha value is -0.460. The second kappa shape index (κ2) is 4.37. The number of rotatable bonds is 2. The maximum atomic E-state index is 13.4. The maximum absolute atomic E-state index is 13.4. The summed E-state index contributed by atoms with van der Waals surface area (Å²) in [6, 6.07) is 2.87. The molecule has 1 rings (SSSR count). The van der Waals surface area contributed by atoms with Crippen molar-refractivity contribution in [3.05, 3.63) is 32.5 Å². The summed E-state index contributed by atoms with van der Waals surface area (Å²) in [7, 11) is 0. The van der Waals surface area contributed by atoms with E-state index >= 15 is 0 Å². The lowest BCUT2D eigenvalue weighted by atomic mass is 10.1. The minimum absolute atomic E-state index is 0.107. The average molecular weight is 328 g/mol. The van der Waals surface area contributed by atoms with Gasteiger partial charge in [-0.05, 0) is 28.1 Å². The topological polar surface area (TPSA) is 57.5 Å². The number of aliphatic hydroxyl groups excluding tert-OH is 1. The summed E-state index contributed by atoms with van der Waals surface area (Å²) in [5.41, 5.74) is -0.285. The fourth-order valence-corrected chi connectivity index (χ4v) is 1.79. The molecule has 1 aromatic carbocycles. The quantitative estimate of drug-likeness (QED) is 0.820. The number of hydrogen-bond acceptors (Lipinski definition) is 2. The zero-order valence-electron chi connectivity index (χ0n) is 6.67. The third-order valence-corrected chi connectivity index (χ3v) is 2.89. The first-order chi connectivity index (χ1) is 6.45. The molecule has 1 atom stereocenters. The standard InChI is InChI=1S/C8H5Br2FO3/c9-3-1-2-4(10)6(11)5(3)7(12)8(13)14/h1-2,7,12H,(H,13,14).